The SMILES string of the molecule is Oc1ccc(-c2csc(Nc3ccc(Cl)c(Cl)c3)n2)cc1. The van der Waals surface area contributed by atoms with Crippen molar-refractivity contribution in [2.45, 2.75) is 0 Å². The second kappa shape index (κ2) is 5.93. The Hall–Kier alpha value is -1.75. The average Bonchev–Trinajstić information content (AvgIpc) is 2.92. The fourth-order valence-electron chi connectivity index (χ4n) is 1.79. The van der Waals surface area contributed by atoms with Gasteiger partial charge in [-0.25, -0.2) is 4.98 Å². The number of phenolic OH excluding ortho intramolecular Hbond substituents is 1. The highest BCUT2D eigenvalue weighted by Gasteiger charge is 2.06. The first-order valence-electron chi connectivity index (χ1n) is 6.09. The topological polar surface area (TPSA) is 45.1 Å². The van der Waals surface area contributed by atoms with Gasteiger partial charge in [-0.05, 0) is 42.5 Å². The van der Waals surface area contributed by atoms with Crippen LogP contribution in [0.3, 0.4) is 0 Å². The van der Waals surface area contributed by atoms with E-state index in [0.717, 1.165) is 22.1 Å². The van der Waals surface area contributed by atoms with Crippen LogP contribution in [0.1, 0.15) is 0 Å². The first kappa shape index (κ1) is 14.2. The molecule has 0 aliphatic rings. The van der Waals surface area contributed by atoms with E-state index in [1.807, 2.05) is 23.6 Å². The molecule has 2 aromatic carbocycles. The van der Waals surface area contributed by atoms with E-state index in [0.29, 0.717) is 10.0 Å². The average molecular weight is 337 g/mol. The summed E-state index contributed by atoms with van der Waals surface area (Å²) in [7, 11) is 0. The van der Waals surface area contributed by atoms with E-state index in [1.165, 1.54) is 11.3 Å². The van der Waals surface area contributed by atoms with E-state index in [9.17, 15) is 5.11 Å². The van der Waals surface area contributed by atoms with Gasteiger partial charge in [0, 0.05) is 16.6 Å². The second-order valence-corrected chi connectivity index (χ2v) is 6.01. The van der Waals surface area contributed by atoms with Gasteiger partial charge in [0.25, 0.3) is 0 Å². The van der Waals surface area contributed by atoms with Crippen LogP contribution in [0.2, 0.25) is 10.0 Å². The van der Waals surface area contributed by atoms with Crippen LogP contribution < -0.4 is 5.32 Å². The van der Waals surface area contributed by atoms with Gasteiger partial charge in [0.05, 0.1) is 15.7 Å². The van der Waals surface area contributed by atoms with Crippen molar-refractivity contribution in [1.29, 1.82) is 0 Å². The highest BCUT2D eigenvalue weighted by Crippen LogP contribution is 2.30. The number of halogens is 2. The predicted molar refractivity (Wildman–Crippen MR) is 89.0 cm³/mol. The molecule has 0 aliphatic heterocycles. The van der Waals surface area contributed by atoms with Crippen LogP contribution in [-0.2, 0) is 0 Å². The van der Waals surface area contributed by atoms with Gasteiger partial charge in [-0.1, -0.05) is 23.2 Å². The third-order valence-electron chi connectivity index (χ3n) is 2.84. The summed E-state index contributed by atoms with van der Waals surface area (Å²) in [5, 5.41) is 16.2. The molecule has 0 saturated carbocycles. The number of benzene rings is 2. The summed E-state index contributed by atoms with van der Waals surface area (Å²) in [6, 6.07) is 12.3. The number of nitrogens with zero attached hydrogens (tertiary/aromatic N) is 1. The number of nitrogens with one attached hydrogen (secondary N) is 1. The zero-order valence-corrected chi connectivity index (χ0v) is 13.0. The molecule has 106 valence electrons. The molecule has 2 N–H and O–H groups in total. The smallest absolute Gasteiger partial charge is 0.187 e. The Labute approximate surface area is 135 Å². The Kier molecular flexibility index (Phi) is 4.01. The van der Waals surface area contributed by atoms with Crippen LogP contribution in [-0.4, -0.2) is 10.1 Å². The van der Waals surface area contributed by atoms with Crippen molar-refractivity contribution in [3.8, 4) is 17.0 Å². The van der Waals surface area contributed by atoms with Gasteiger partial charge >= 0.3 is 0 Å². The molecule has 0 unspecified atom stereocenters. The molecule has 21 heavy (non-hydrogen) atoms. The first-order chi connectivity index (χ1) is 10.1. The monoisotopic (exact) mass is 336 g/mol. The van der Waals surface area contributed by atoms with Gasteiger partial charge in [-0.2, -0.15) is 0 Å². The molecule has 0 radical (unpaired) electrons. The third-order valence-corrected chi connectivity index (χ3v) is 4.33. The van der Waals surface area contributed by atoms with E-state index >= 15 is 0 Å². The molecule has 3 aromatic rings. The minimum absolute atomic E-state index is 0.239. The van der Waals surface area contributed by atoms with Crippen molar-refractivity contribution < 1.29 is 5.11 Å². The van der Waals surface area contributed by atoms with E-state index in [-0.39, 0.29) is 5.75 Å². The molecule has 0 bridgehead atoms. The number of aromatic hydroxyl groups is 1. The number of hydrogen-bond donors (Lipinski definition) is 2. The Bertz CT molecular complexity index is 772. The minimum Gasteiger partial charge on any atom is -0.508 e. The van der Waals surface area contributed by atoms with Gasteiger partial charge in [-0.3, -0.25) is 0 Å². The normalized spacial score (nSPS) is 10.6. The molecule has 0 saturated heterocycles. The van der Waals surface area contributed by atoms with E-state index in [4.69, 9.17) is 23.2 Å². The first-order valence-corrected chi connectivity index (χ1v) is 7.72. The summed E-state index contributed by atoms with van der Waals surface area (Å²) in [5.41, 5.74) is 2.63. The molecule has 3 nitrogen and oxygen atoms in total. The van der Waals surface area contributed by atoms with E-state index in [1.54, 1.807) is 24.3 Å². The lowest BCUT2D eigenvalue weighted by atomic mass is 10.2. The van der Waals surface area contributed by atoms with Crippen LogP contribution in [0, 0.1) is 0 Å². The second-order valence-electron chi connectivity index (χ2n) is 4.34. The lowest BCUT2D eigenvalue weighted by Gasteiger charge is -2.03. The van der Waals surface area contributed by atoms with Crippen molar-refractivity contribution in [2.24, 2.45) is 0 Å². The predicted octanol–water partition coefficient (Wildman–Crippen LogP) is 5.57. The molecule has 1 aromatic heterocycles. The van der Waals surface area contributed by atoms with E-state index < -0.39 is 0 Å². The molecule has 3 rings (SSSR count). The standard InChI is InChI=1S/C15H10Cl2N2OS/c16-12-6-3-10(7-13(12)17)18-15-19-14(8-21-15)9-1-4-11(20)5-2-9/h1-8,20H,(H,18,19). The summed E-state index contributed by atoms with van der Waals surface area (Å²) in [6.07, 6.45) is 0. The van der Waals surface area contributed by atoms with Crippen molar-refractivity contribution in [1.82, 2.24) is 4.98 Å². The summed E-state index contributed by atoms with van der Waals surface area (Å²) < 4.78 is 0. The number of hydrogen-bond acceptors (Lipinski definition) is 4. The number of rotatable bonds is 3. The molecule has 6 heteroatoms. The fraction of sp³-hybridized carbons (Fsp3) is 0. The van der Waals surface area contributed by atoms with Gasteiger partial charge in [-0.15, -0.1) is 11.3 Å². The van der Waals surface area contributed by atoms with Gasteiger partial charge in [0.1, 0.15) is 5.75 Å². The van der Waals surface area contributed by atoms with Crippen molar-refractivity contribution in [2.75, 3.05) is 5.32 Å². The van der Waals surface area contributed by atoms with Crippen LogP contribution in [0.25, 0.3) is 11.3 Å². The number of phenols is 1. The Balaban J connectivity index is 1.81. The fourth-order valence-corrected chi connectivity index (χ4v) is 2.83. The molecule has 0 aliphatic carbocycles. The quantitative estimate of drug-likeness (QED) is 0.657. The van der Waals surface area contributed by atoms with Crippen LogP contribution in [0.15, 0.2) is 47.8 Å². The number of anilines is 2. The molecule has 0 spiro atoms. The zero-order chi connectivity index (χ0) is 14.8. The Morgan fingerprint density at radius 1 is 1.00 bits per heavy atom. The largest absolute Gasteiger partial charge is 0.508 e. The van der Waals surface area contributed by atoms with Gasteiger partial charge < -0.3 is 10.4 Å². The Morgan fingerprint density at radius 2 is 1.76 bits per heavy atom. The van der Waals surface area contributed by atoms with Crippen molar-refractivity contribution >= 4 is 45.4 Å². The number of aromatic nitrogens is 1. The summed E-state index contributed by atoms with van der Waals surface area (Å²) in [4.78, 5) is 4.51. The minimum atomic E-state index is 0.239. The Morgan fingerprint density at radius 3 is 2.48 bits per heavy atom. The summed E-state index contributed by atoms with van der Waals surface area (Å²) in [6.45, 7) is 0. The molecule has 0 fully saturated rings. The molecular formula is C15H10Cl2N2OS. The third kappa shape index (κ3) is 3.29. The molecule has 1 heterocycles. The van der Waals surface area contributed by atoms with E-state index in [2.05, 4.69) is 10.3 Å². The molecule has 0 atom stereocenters. The molecular weight excluding hydrogens is 327 g/mol. The maximum atomic E-state index is 9.30. The zero-order valence-electron chi connectivity index (χ0n) is 10.7. The van der Waals surface area contributed by atoms with Crippen LogP contribution in [0.5, 0.6) is 5.75 Å². The lowest BCUT2D eigenvalue weighted by molar-refractivity contribution is 0.475. The number of thiazole rings is 1. The van der Waals surface area contributed by atoms with Crippen LogP contribution >= 0.6 is 34.5 Å². The molecule has 0 amide bonds. The maximum absolute atomic E-state index is 9.30. The van der Waals surface area contributed by atoms with Gasteiger partial charge in [0.2, 0.25) is 0 Å². The maximum Gasteiger partial charge on any atom is 0.187 e. The van der Waals surface area contributed by atoms with Crippen molar-refractivity contribution in [3.05, 3.63) is 57.9 Å². The summed E-state index contributed by atoms with van der Waals surface area (Å²) >= 11 is 13.4. The summed E-state index contributed by atoms with van der Waals surface area (Å²) in [5.74, 6) is 0.239. The van der Waals surface area contributed by atoms with Gasteiger partial charge in [0.15, 0.2) is 5.13 Å². The van der Waals surface area contributed by atoms with Crippen molar-refractivity contribution in [3.63, 3.8) is 0 Å². The lowest BCUT2D eigenvalue weighted by Crippen LogP contribution is -1.89. The van der Waals surface area contributed by atoms with Crippen LogP contribution in [0.4, 0.5) is 10.8 Å². The highest BCUT2D eigenvalue weighted by atomic mass is 35.5. The highest BCUT2D eigenvalue weighted by molar-refractivity contribution is 7.14.